The fourth-order valence-corrected chi connectivity index (χ4v) is 2.09. The smallest absolute Gasteiger partial charge is 0.215 e. The third kappa shape index (κ3) is 2.95. The second kappa shape index (κ2) is 5.86. The van der Waals surface area contributed by atoms with E-state index in [9.17, 15) is 0 Å². The van der Waals surface area contributed by atoms with Gasteiger partial charge in [-0.1, -0.05) is 60.7 Å². The van der Waals surface area contributed by atoms with Crippen LogP contribution < -0.4 is 0 Å². The maximum Gasteiger partial charge on any atom is 0.215 e. The predicted molar refractivity (Wildman–Crippen MR) is 70.8 cm³/mol. The topological polar surface area (TPSA) is 4.36 Å². The summed E-state index contributed by atoms with van der Waals surface area (Å²) in [5.41, 5.74) is 2.59. The van der Waals surface area contributed by atoms with Crippen LogP contribution in [0.15, 0.2) is 60.7 Å². The molecule has 0 radical (unpaired) electrons. The number of hydrogen-bond acceptors (Lipinski definition) is 0. The van der Waals surface area contributed by atoms with Gasteiger partial charge >= 0.3 is 0 Å². The Morgan fingerprint density at radius 3 is 1.71 bits per heavy atom. The van der Waals surface area contributed by atoms with Gasteiger partial charge in [0.2, 0.25) is 6.54 Å². The summed E-state index contributed by atoms with van der Waals surface area (Å²) in [5, 5.41) is 0. The van der Waals surface area contributed by atoms with Crippen molar-refractivity contribution in [2.45, 2.75) is 12.3 Å². The summed E-state index contributed by atoms with van der Waals surface area (Å²) in [6.45, 7) is 7.52. The van der Waals surface area contributed by atoms with Crippen molar-refractivity contribution in [2.24, 2.45) is 0 Å². The lowest BCUT2D eigenvalue weighted by Crippen LogP contribution is -2.02. The van der Waals surface area contributed by atoms with Crippen LogP contribution in [0.3, 0.4) is 0 Å². The van der Waals surface area contributed by atoms with Crippen molar-refractivity contribution >= 4 is 0 Å². The molecule has 17 heavy (non-hydrogen) atoms. The standard InChI is InChI=1S/C16H15N/c1-17-13-12-16(14-8-4-2-5-9-14)15-10-6-3-7-11-15/h2-11,16H,12-13H2. The van der Waals surface area contributed by atoms with Crippen LogP contribution in [0.2, 0.25) is 0 Å². The number of nitrogens with zero attached hydrogens (tertiary/aromatic N) is 1. The Morgan fingerprint density at radius 1 is 0.824 bits per heavy atom. The molecule has 0 atom stereocenters. The van der Waals surface area contributed by atoms with Gasteiger partial charge in [0.05, 0.1) is 0 Å². The van der Waals surface area contributed by atoms with Gasteiger partial charge in [-0.25, -0.2) is 6.57 Å². The molecule has 2 aromatic rings. The molecular weight excluding hydrogens is 206 g/mol. The number of rotatable bonds is 4. The third-order valence-corrected chi connectivity index (χ3v) is 2.93. The van der Waals surface area contributed by atoms with Crippen LogP contribution in [0.1, 0.15) is 23.5 Å². The van der Waals surface area contributed by atoms with Gasteiger partial charge in [-0.15, -0.1) is 0 Å². The summed E-state index contributed by atoms with van der Waals surface area (Å²) in [6, 6.07) is 20.9. The molecular formula is C16H15N. The van der Waals surface area contributed by atoms with E-state index in [1.54, 1.807) is 0 Å². The van der Waals surface area contributed by atoms with Crippen LogP contribution in [0.5, 0.6) is 0 Å². The fraction of sp³-hybridized carbons (Fsp3) is 0.188. The average molecular weight is 221 g/mol. The first-order valence-electron chi connectivity index (χ1n) is 5.85. The van der Waals surface area contributed by atoms with E-state index in [1.165, 1.54) is 11.1 Å². The van der Waals surface area contributed by atoms with Gasteiger partial charge in [0.15, 0.2) is 0 Å². The van der Waals surface area contributed by atoms with Crippen molar-refractivity contribution < 1.29 is 0 Å². The second-order valence-corrected chi connectivity index (χ2v) is 4.04. The lowest BCUT2D eigenvalue weighted by Gasteiger charge is -2.15. The van der Waals surface area contributed by atoms with Gasteiger partial charge in [-0.2, -0.15) is 0 Å². The number of hydrogen-bond donors (Lipinski definition) is 0. The van der Waals surface area contributed by atoms with Crippen molar-refractivity contribution in [3.05, 3.63) is 83.2 Å². The molecule has 0 aliphatic heterocycles. The minimum Gasteiger partial charge on any atom is -0.317 e. The number of benzene rings is 2. The summed E-state index contributed by atoms with van der Waals surface area (Å²) < 4.78 is 0. The molecule has 0 amide bonds. The lowest BCUT2D eigenvalue weighted by atomic mass is 9.89. The Morgan fingerprint density at radius 2 is 1.29 bits per heavy atom. The highest BCUT2D eigenvalue weighted by atomic mass is 14.6. The molecule has 0 aromatic heterocycles. The Hall–Kier alpha value is -2.07. The van der Waals surface area contributed by atoms with E-state index >= 15 is 0 Å². The highest BCUT2D eigenvalue weighted by Gasteiger charge is 2.14. The van der Waals surface area contributed by atoms with E-state index in [4.69, 9.17) is 6.57 Å². The van der Waals surface area contributed by atoms with E-state index < -0.39 is 0 Å². The van der Waals surface area contributed by atoms with Crippen LogP contribution >= 0.6 is 0 Å². The minimum absolute atomic E-state index is 0.339. The molecule has 0 saturated heterocycles. The fourth-order valence-electron chi connectivity index (χ4n) is 2.09. The molecule has 0 bridgehead atoms. The van der Waals surface area contributed by atoms with Gasteiger partial charge in [0, 0.05) is 12.3 Å². The lowest BCUT2D eigenvalue weighted by molar-refractivity contribution is 0.760. The minimum atomic E-state index is 0.339. The summed E-state index contributed by atoms with van der Waals surface area (Å²) in [5.74, 6) is 0.339. The second-order valence-electron chi connectivity index (χ2n) is 4.04. The van der Waals surface area contributed by atoms with E-state index in [0.717, 1.165) is 6.42 Å². The maximum atomic E-state index is 6.95. The van der Waals surface area contributed by atoms with Crippen molar-refractivity contribution in [1.82, 2.24) is 0 Å². The summed E-state index contributed by atoms with van der Waals surface area (Å²) in [6.07, 6.45) is 0.886. The van der Waals surface area contributed by atoms with Crippen LogP contribution in [0, 0.1) is 6.57 Å². The van der Waals surface area contributed by atoms with Gasteiger partial charge in [-0.05, 0) is 11.1 Å². The molecule has 0 unspecified atom stereocenters. The van der Waals surface area contributed by atoms with Crippen LogP contribution in [-0.2, 0) is 0 Å². The highest BCUT2D eigenvalue weighted by Crippen LogP contribution is 2.27. The molecule has 0 saturated carbocycles. The average Bonchev–Trinajstić information content (AvgIpc) is 2.42. The first-order chi connectivity index (χ1) is 8.42. The Balaban J connectivity index is 2.30. The van der Waals surface area contributed by atoms with Crippen molar-refractivity contribution in [1.29, 1.82) is 0 Å². The van der Waals surface area contributed by atoms with Crippen LogP contribution in [0.4, 0.5) is 0 Å². The van der Waals surface area contributed by atoms with Gasteiger partial charge in [0.25, 0.3) is 0 Å². The Bertz CT molecular complexity index is 442. The van der Waals surface area contributed by atoms with Gasteiger partial charge < -0.3 is 4.85 Å². The monoisotopic (exact) mass is 221 g/mol. The van der Waals surface area contributed by atoms with E-state index in [-0.39, 0.29) is 0 Å². The van der Waals surface area contributed by atoms with E-state index in [0.29, 0.717) is 12.5 Å². The van der Waals surface area contributed by atoms with Crippen molar-refractivity contribution in [2.75, 3.05) is 6.54 Å². The van der Waals surface area contributed by atoms with Crippen molar-refractivity contribution in [3.63, 3.8) is 0 Å². The van der Waals surface area contributed by atoms with Gasteiger partial charge in [0.1, 0.15) is 0 Å². The van der Waals surface area contributed by atoms with E-state index in [1.807, 2.05) is 12.1 Å². The molecule has 1 nitrogen and oxygen atoms in total. The molecule has 0 aliphatic rings. The zero-order valence-corrected chi connectivity index (χ0v) is 9.71. The zero-order valence-electron chi connectivity index (χ0n) is 9.71. The normalized spacial score (nSPS) is 10.1. The summed E-state index contributed by atoms with van der Waals surface area (Å²) in [4.78, 5) is 3.48. The SMILES string of the molecule is [C-]#[N+]CCC(c1ccccc1)c1ccccc1. The molecule has 0 heterocycles. The molecule has 2 aromatic carbocycles. The largest absolute Gasteiger partial charge is 0.317 e. The molecule has 0 spiro atoms. The quantitative estimate of drug-likeness (QED) is 0.684. The predicted octanol–water partition coefficient (Wildman–Crippen LogP) is 4.13. The van der Waals surface area contributed by atoms with Crippen molar-refractivity contribution in [3.8, 4) is 0 Å². The van der Waals surface area contributed by atoms with Gasteiger partial charge in [-0.3, -0.25) is 0 Å². The third-order valence-electron chi connectivity index (χ3n) is 2.93. The summed E-state index contributed by atoms with van der Waals surface area (Å²) >= 11 is 0. The Labute approximate surface area is 103 Å². The molecule has 0 fully saturated rings. The molecule has 84 valence electrons. The van der Waals surface area contributed by atoms with Crippen LogP contribution in [0.25, 0.3) is 4.85 Å². The summed E-state index contributed by atoms with van der Waals surface area (Å²) in [7, 11) is 0. The molecule has 1 heteroatoms. The molecule has 2 rings (SSSR count). The van der Waals surface area contributed by atoms with E-state index in [2.05, 4.69) is 53.4 Å². The highest BCUT2D eigenvalue weighted by molar-refractivity contribution is 5.32. The maximum absolute atomic E-state index is 6.95. The first-order valence-corrected chi connectivity index (χ1v) is 5.85. The zero-order chi connectivity index (χ0) is 11.9. The van der Waals surface area contributed by atoms with Crippen LogP contribution in [-0.4, -0.2) is 6.54 Å². The molecule has 0 aliphatic carbocycles. The first kappa shape index (κ1) is 11.4. The Kier molecular flexibility index (Phi) is 3.94. The molecule has 0 N–H and O–H groups in total.